The van der Waals surface area contributed by atoms with Gasteiger partial charge in [0.2, 0.25) is 15.9 Å². The van der Waals surface area contributed by atoms with Gasteiger partial charge in [0.25, 0.3) is 5.91 Å². The molecule has 1 aliphatic rings. The molecule has 1 N–H and O–H groups in total. The first-order chi connectivity index (χ1) is 9.91. The Morgan fingerprint density at radius 2 is 2.10 bits per heavy atom. The third-order valence-electron chi connectivity index (χ3n) is 3.47. The van der Waals surface area contributed by atoms with Crippen LogP contribution in [0.5, 0.6) is 5.88 Å². The molecule has 1 fully saturated rings. The Kier molecular flexibility index (Phi) is 4.79. The molecule has 0 bridgehead atoms. The summed E-state index contributed by atoms with van der Waals surface area (Å²) in [6, 6.07) is 3.27. The van der Waals surface area contributed by atoms with Gasteiger partial charge in [-0.3, -0.25) is 4.79 Å². The van der Waals surface area contributed by atoms with Crippen molar-refractivity contribution in [1.29, 1.82) is 0 Å². The molecule has 2 heterocycles. The molecular formula is C13H19N3O4S. The zero-order valence-corrected chi connectivity index (χ0v) is 12.9. The maximum absolute atomic E-state index is 12.2. The minimum Gasteiger partial charge on any atom is -0.480 e. The normalized spacial score (nSPS) is 17.4. The van der Waals surface area contributed by atoms with Gasteiger partial charge in [0, 0.05) is 25.3 Å². The zero-order valence-electron chi connectivity index (χ0n) is 12.1. The Balaban J connectivity index is 1.96. The van der Waals surface area contributed by atoms with Gasteiger partial charge < -0.3 is 10.1 Å². The third kappa shape index (κ3) is 3.92. The van der Waals surface area contributed by atoms with Crippen LogP contribution in [0.4, 0.5) is 0 Å². The smallest absolute Gasteiger partial charge is 0.256 e. The lowest BCUT2D eigenvalue weighted by Gasteiger charge is -2.30. The summed E-state index contributed by atoms with van der Waals surface area (Å²) >= 11 is 0. The molecule has 1 aromatic rings. The molecule has 0 aromatic carbocycles. The third-order valence-corrected chi connectivity index (χ3v) is 4.77. The molecule has 1 aromatic heterocycles. The number of methoxy groups -OCH3 is 1. The Bertz CT molecular complexity index is 610. The van der Waals surface area contributed by atoms with Crippen molar-refractivity contribution < 1.29 is 17.9 Å². The van der Waals surface area contributed by atoms with Crippen LogP contribution in [0.15, 0.2) is 18.3 Å². The lowest BCUT2D eigenvalue weighted by molar-refractivity contribution is 0.0920. The second-order valence-corrected chi connectivity index (χ2v) is 6.95. The lowest BCUT2D eigenvalue weighted by Crippen LogP contribution is -2.46. The molecule has 0 spiro atoms. The van der Waals surface area contributed by atoms with Gasteiger partial charge in [-0.2, -0.15) is 0 Å². The minimum absolute atomic E-state index is 0.0413. The number of carbonyl (C=O) groups is 1. The van der Waals surface area contributed by atoms with Crippen LogP contribution in [-0.2, 0) is 10.0 Å². The van der Waals surface area contributed by atoms with Crippen LogP contribution in [0.1, 0.15) is 23.2 Å². The number of hydrogen-bond donors (Lipinski definition) is 1. The van der Waals surface area contributed by atoms with Crippen molar-refractivity contribution in [2.75, 3.05) is 26.5 Å². The number of nitrogens with one attached hydrogen (secondary N) is 1. The molecule has 0 radical (unpaired) electrons. The van der Waals surface area contributed by atoms with Crippen LogP contribution < -0.4 is 10.1 Å². The Hall–Kier alpha value is -1.67. The van der Waals surface area contributed by atoms with Crippen molar-refractivity contribution in [3.05, 3.63) is 23.9 Å². The van der Waals surface area contributed by atoms with Crippen molar-refractivity contribution >= 4 is 15.9 Å². The number of pyridine rings is 1. The Morgan fingerprint density at radius 1 is 1.43 bits per heavy atom. The molecule has 0 atom stereocenters. The SMILES string of the molecule is COc1ncccc1C(=O)NC1CCN(S(C)(=O)=O)CC1. The van der Waals surface area contributed by atoms with Gasteiger partial charge in [0.1, 0.15) is 5.56 Å². The predicted octanol–water partition coefficient (Wildman–Crippen LogP) is 0.244. The summed E-state index contributed by atoms with van der Waals surface area (Å²) < 4.78 is 29.4. The summed E-state index contributed by atoms with van der Waals surface area (Å²) in [5.74, 6) is 0.0290. The number of amides is 1. The van der Waals surface area contributed by atoms with Crippen LogP contribution in [0.25, 0.3) is 0 Å². The van der Waals surface area contributed by atoms with E-state index in [0.717, 1.165) is 0 Å². The highest BCUT2D eigenvalue weighted by molar-refractivity contribution is 7.88. The summed E-state index contributed by atoms with van der Waals surface area (Å²) in [6.07, 6.45) is 3.95. The fourth-order valence-corrected chi connectivity index (χ4v) is 3.20. The van der Waals surface area contributed by atoms with Crippen LogP contribution in [0.2, 0.25) is 0 Å². The monoisotopic (exact) mass is 313 g/mol. The number of ether oxygens (including phenoxy) is 1. The van der Waals surface area contributed by atoms with E-state index in [1.54, 1.807) is 18.3 Å². The Labute approximate surface area is 124 Å². The molecule has 7 nitrogen and oxygen atoms in total. The second-order valence-electron chi connectivity index (χ2n) is 4.97. The number of aromatic nitrogens is 1. The molecule has 0 unspecified atom stereocenters. The first-order valence-corrected chi connectivity index (χ1v) is 8.51. The Morgan fingerprint density at radius 3 is 2.67 bits per heavy atom. The summed E-state index contributed by atoms with van der Waals surface area (Å²) in [7, 11) is -1.69. The van der Waals surface area contributed by atoms with Crippen LogP contribution in [-0.4, -0.2) is 56.1 Å². The van der Waals surface area contributed by atoms with E-state index in [9.17, 15) is 13.2 Å². The van der Waals surface area contributed by atoms with Gasteiger partial charge in [0.15, 0.2) is 0 Å². The van der Waals surface area contributed by atoms with E-state index < -0.39 is 10.0 Å². The van der Waals surface area contributed by atoms with Crippen molar-refractivity contribution in [1.82, 2.24) is 14.6 Å². The van der Waals surface area contributed by atoms with Gasteiger partial charge in [-0.05, 0) is 25.0 Å². The highest BCUT2D eigenvalue weighted by atomic mass is 32.2. The molecule has 1 aliphatic heterocycles. The molecule has 1 saturated heterocycles. The highest BCUT2D eigenvalue weighted by Gasteiger charge is 2.26. The van der Waals surface area contributed by atoms with Gasteiger partial charge in [0.05, 0.1) is 13.4 Å². The van der Waals surface area contributed by atoms with Crippen molar-refractivity contribution in [3.8, 4) is 5.88 Å². The van der Waals surface area contributed by atoms with Crippen LogP contribution in [0, 0.1) is 0 Å². The molecule has 0 aliphatic carbocycles. The van der Waals surface area contributed by atoms with Crippen molar-refractivity contribution in [3.63, 3.8) is 0 Å². The highest BCUT2D eigenvalue weighted by Crippen LogP contribution is 2.16. The fourth-order valence-electron chi connectivity index (χ4n) is 2.32. The number of piperidine rings is 1. The summed E-state index contributed by atoms with van der Waals surface area (Å²) in [5, 5.41) is 2.90. The van der Waals surface area contributed by atoms with E-state index in [2.05, 4.69) is 10.3 Å². The number of hydrogen-bond acceptors (Lipinski definition) is 5. The molecular weight excluding hydrogens is 294 g/mol. The van der Waals surface area contributed by atoms with Gasteiger partial charge in [-0.15, -0.1) is 0 Å². The number of nitrogens with zero attached hydrogens (tertiary/aromatic N) is 2. The average molecular weight is 313 g/mol. The van der Waals surface area contributed by atoms with E-state index in [1.807, 2.05) is 0 Å². The number of rotatable bonds is 4. The van der Waals surface area contributed by atoms with Gasteiger partial charge >= 0.3 is 0 Å². The minimum atomic E-state index is -3.15. The van der Waals surface area contributed by atoms with Crippen molar-refractivity contribution in [2.24, 2.45) is 0 Å². The molecule has 8 heteroatoms. The maximum Gasteiger partial charge on any atom is 0.256 e. The van der Waals surface area contributed by atoms with E-state index >= 15 is 0 Å². The van der Waals surface area contributed by atoms with E-state index in [0.29, 0.717) is 31.5 Å². The number of carbonyl (C=O) groups excluding carboxylic acids is 1. The first kappa shape index (κ1) is 15.7. The fraction of sp³-hybridized carbons (Fsp3) is 0.538. The lowest BCUT2D eigenvalue weighted by atomic mass is 10.1. The van der Waals surface area contributed by atoms with Crippen LogP contribution >= 0.6 is 0 Å². The number of sulfonamides is 1. The largest absolute Gasteiger partial charge is 0.480 e. The summed E-state index contributed by atoms with van der Waals surface area (Å²) in [6.45, 7) is 0.849. The summed E-state index contributed by atoms with van der Waals surface area (Å²) in [5.41, 5.74) is 0.380. The van der Waals surface area contributed by atoms with Crippen molar-refractivity contribution in [2.45, 2.75) is 18.9 Å². The quantitative estimate of drug-likeness (QED) is 0.860. The van der Waals surface area contributed by atoms with E-state index in [4.69, 9.17) is 4.74 Å². The molecule has 2 rings (SSSR count). The van der Waals surface area contributed by atoms with E-state index in [1.165, 1.54) is 17.7 Å². The standard InChI is InChI=1S/C13H19N3O4S/c1-20-13-11(4-3-7-14-13)12(17)15-10-5-8-16(9-6-10)21(2,18)19/h3-4,7,10H,5-6,8-9H2,1-2H3,(H,15,17). The topological polar surface area (TPSA) is 88.6 Å². The maximum atomic E-state index is 12.2. The van der Waals surface area contributed by atoms with E-state index in [-0.39, 0.29) is 17.8 Å². The molecule has 0 saturated carbocycles. The molecule has 116 valence electrons. The second kappa shape index (κ2) is 6.40. The average Bonchev–Trinajstić information content (AvgIpc) is 2.46. The predicted molar refractivity (Wildman–Crippen MR) is 77.7 cm³/mol. The summed E-state index contributed by atoms with van der Waals surface area (Å²) in [4.78, 5) is 16.2. The van der Waals surface area contributed by atoms with Crippen LogP contribution in [0.3, 0.4) is 0 Å². The first-order valence-electron chi connectivity index (χ1n) is 6.67. The van der Waals surface area contributed by atoms with Gasteiger partial charge in [-0.25, -0.2) is 17.7 Å². The molecule has 21 heavy (non-hydrogen) atoms. The van der Waals surface area contributed by atoms with Gasteiger partial charge in [-0.1, -0.05) is 0 Å². The zero-order chi connectivity index (χ0) is 15.5. The molecule has 1 amide bonds.